The molecule has 6 heterocycles. The van der Waals surface area contributed by atoms with Gasteiger partial charge in [-0.25, -0.2) is 14.4 Å². The zero-order valence-corrected chi connectivity index (χ0v) is 35.1. The van der Waals surface area contributed by atoms with Crippen LogP contribution < -0.4 is 31.1 Å². The second-order valence-electron chi connectivity index (χ2n) is 17.1. The Balaban J connectivity index is 0.737. The molecule has 9 rings (SSSR count). The Morgan fingerprint density at radius 2 is 1.66 bits per heavy atom. The maximum absolute atomic E-state index is 15.6. The van der Waals surface area contributed by atoms with Crippen LogP contribution in [0.1, 0.15) is 71.7 Å². The summed E-state index contributed by atoms with van der Waals surface area (Å²) in [7, 11) is 0. The number of benzene rings is 3. The summed E-state index contributed by atoms with van der Waals surface area (Å²) in [5.74, 6) is -0.813. The molecule has 5 aliphatic heterocycles. The molecule has 5 aliphatic rings. The van der Waals surface area contributed by atoms with Crippen molar-refractivity contribution >= 4 is 58.3 Å². The lowest BCUT2D eigenvalue weighted by molar-refractivity contribution is -0.136. The van der Waals surface area contributed by atoms with Crippen LogP contribution in [0, 0.1) is 5.82 Å². The van der Waals surface area contributed by atoms with Gasteiger partial charge < -0.3 is 30.7 Å². The predicted molar refractivity (Wildman–Crippen MR) is 232 cm³/mol. The fourth-order valence-corrected chi connectivity index (χ4v) is 10.00. The highest BCUT2D eigenvalue weighted by atomic mass is 32.2. The van der Waals surface area contributed by atoms with E-state index in [1.54, 1.807) is 29.4 Å². The van der Waals surface area contributed by atoms with E-state index in [-0.39, 0.29) is 35.2 Å². The van der Waals surface area contributed by atoms with E-state index in [4.69, 9.17) is 5.73 Å². The zero-order chi connectivity index (χ0) is 42.3. The summed E-state index contributed by atoms with van der Waals surface area (Å²) in [5.41, 5.74) is 10.1. The topological polar surface area (TPSA) is 160 Å². The van der Waals surface area contributed by atoms with Gasteiger partial charge in [-0.15, -0.1) is 0 Å². The molecule has 16 heteroatoms. The zero-order valence-electron chi connectivity index (χ0n) is 34.3. The Kier molecular flexibility index (Phi) is 11.4. The van der Waals surface area contributed by atoms with Gasteiger partial charge in [0.15, 0.2) is 0 Å². The van der Waals surface area contributed by atoms with Crippen molar-refractivity contribution in [2.45, 2.75) is 79.5 Å². The van der Waals surface area contributed by atoms with Crippen molar-refractivity contribution in [2.75, 3.05) is 72.4 Å². The summed E-state index contributed by atoms with van der Waals surface area (Å²) >= 11 is 1.45. The molecule has 4 fully saturated rings. The van der Waals surface area contributed by atoms with Gasteiger partial charge in [0.2, 0.25) is 11.8 Å². The minimum atomic E-state index is -0.625. The quantitative estimate of drug-likeness (QED) is 0.196. The molecule has 318 valence electrons. The number of carbonyl (C=O) groups excluding carboxylic acids is 4. The summed E-state index contributed by atoms with van der Waals surface area (Å²) in [6.45, 7) is 9.10. The molecule has 14 nitrogen and oxygen atoms in total. The molecular weight excluding hydrogens is 796 g/mol. The highest BCUT2D eigenvalue weighted by molar-refractivity contribution is 7.99. The number of halogens is 1. The molecule has 3 aromatic carbocycles. The Hall–Kier alpha value is -5.58. The van der Waals surface area contributed by atoms with Crippen LogP contribution in [0.15, 0.2) is 83.0 Å². The van der Waals surface area contributed by atoms with Gasteiger partial charge in [0.1, 0.15) is 22.7 Å². The first kappa shape index (κ1) is 40.8. The fraction of sp³-hybridized carbons (Fsp3) is 0.422. The van der Waals surface area contributed by atoms with E-state index in [9.17, 15) is 19.2 Å². The van der Waals surface area contributed by atoms with Gasteiger partial charge in [-0.05, 0) is 99.2 Å². The molecule has 4 aromatic rings. The molecule has 0 radical (unpaired) electrons. The van der Waals surface area contributed by atoms with Crippen LogP contribution in [0.25, 0.3) is 0 Å². The molecule has 1 atom stereocenters. The van der Waals surface area contributed by atoms with Gasteiger partial charge in [-0.1, -0.05) is 17.8 Å². The van der Waals surface area contributed by atoms with Crippen molar-refractivity contribution in [1.29, 1.82) is 0 Å². The minimum absolute atomic E-state index is 0.133. The number of fused-ring (bicyclic) bond motifs is 1. The highest BCUT2D eigenvalue weighted by Gasteiger charge is 2.39. The highest BCUT2D eigenvalue weighted by Crippen LogP contribution is 2.33. The molecular formula is C45H51FN10O4S. The summed E-state index contributed by atoms with van der Waals surface area (Å²) in [4.78, 5) is 71.4. The predicted octanol–water partition coefficient (Wildman–Crippen LogP) is 4.89. The smallest absolute Gasteiger partial charge is 0.255 e. The standard InChI is InChI=1S/C45H51FN10O4S/c1-45(47)13-17-55(18-14-45)39-26-49-41(27-48-39)61-34-4-2-3-31(25-34)50-42(58)29-5-8-37(36(46)24-29)54-15-11-32(12-16-54)52-19-21-53(22-20-52)33-6-7-35-30(23-33)28-56(44(35)60)38-9-10-40(57)51-43(38)59/h2-8,23-27,32,38H,9-22,28,47H2,1H3,(H,50,58)(H,51,57,59). The van der Waals surface area contributed by atoms with Gasteiger partial charge in [0.05, 0.1) is 18.1 Å². The lowest BCUT2D eigenvalue weighted by Gasteiger charge is -2.44. The first-order valence-corrected chi connectivity index (χ1v) is 22.0. The van der Waals surface area contributed by atoms with Crippen LogP contribution in [0.4, 0.5) is 27.3 Å². The number of imide groups is 1. The van der Waals surface area contributed by atoms with E-state index in [1.807, 2.05) is 36.4 Å². The average molecular weight is 847 g/mol. The Bertz CT molecular complexity index is 2320. The molecule has 4 amide bonds. The van der Waals surface area contributed by atoms with Gasteiger partial charge in [0.25, 0.3) is 11.8 Å². The van der Waals surface area contributed by atoms with E-state index in [0.717, 1.165) is 105 Å². The van der Waals surface area contributed by atoms with Crippen molar-refractivity contribution in [1.82, 2.24) is 25.1 Å². The Morgan fingerprint density at radius 1 is 0.869 bits per heavy atom. The first-order valence-electron chi connectivity index (χ1n) is 21.2. The van der Waals surface area contributed by atoms with Crippen LogP contribution in [-0.2, 0) is 16.1 Å². The summed E-state index contributed by atoms with van der Waals surface area (Å²) in [5, 5.41) is 6.03. The molecule has 4 N–H and O–H groups in total. The average Bonchev–Trinajstić information content (AvgIpc) is 3.59. The third-order valence-corrected chi connectivity index (χ3v) is 13.8. The minimum Gasteiger partial charge on any atom is -0.369 e. The van der Waals surface area contributed by atoms with Gasteiger partial charge in [0, 0.05) is 104 Å². The van der Waals surface area contributed by atoms with Crippen LogP contribution in [0.5, 0.6) is 0 Å². The fourth-order valence-electron chi connectivity index (χ4n) is 9.21. The van der Waals surface area contributed by atoms with Crippen LogP contribution in [0.2, 0.25) is 0 Å². The molecule has 0 bridgehead atoms. The summed E-state index contributed by atoms with van der Waals surface area (Å²) in [6, 6.07) is 17.9. The lowest BCUT2D eigenvalue weighted by Crippen LogP contribution is -2.53. The monoisotopic (exact) mass is 846 g/mol. The number of piperidine rings is 3. The number of aromatic nitrogens is 2. The third-order valence-electron chi connectivity index (χ3n) is 12.9. The van der Waals surface area contributed by atoms with E-state index in [0.29, 0.717) is 35.9 Å². The second-order valence-corrected chi connectivity index (χ2v) is 18.2. The number of rotatable bonds is 9. The SMILES string of the molecule is CC1(N)CCN(c2cnc(Sc3cccc(NC(=O)c4ccc(N5CCC(N6CCN(c7ccc8c(c7)CN(C7CCC(=O)NC7=O)C8=O)CC6)CC5)c(F)c4)c3)cn2)CC1. The van der Waals surface area contributed by atoms with Crippen LogP contribution in [-0.4, -0.2) is 113 Å². The molecule has 0 saturated carbocycles. The van der Waals surface area contributed by atoms with Crippen molar-refractivity contribution in [3.05, 3.63) is 95.6 Å². The van der Waals surface area contributed by atoms with Crippen molar-refractivity contribution in [3.63, 3.8) is 0 Å². The molecule has 61 heavy (non-hydrogen) atoms. The third kappa shape index (κ3) is 8.93. The number of piperazine rings is 1. The number of nitrogens with one attached hydrogen (secondary N) is 2. The second kappa shape index (κ2) is 17.1. The van der Waals surface area contributed by atoms with Gasteiger partial charge in [-0.2, -0.15) is 0 Å². The van der Waals surface area contributed by atoms with Crippen LogP contribution in [0.3, 0.4) is 0 Å². The van der Waals surface area contributed by atoms with Gasteiger partial charge in [-0.3, -0.25) is 29.4 Å². The van der Waals surface area contributed by atoms with Crippen molar-refractivity contribution in [2.24, 2.45) is 5.73 Å². The molecule has 1 aromatic heterocycles. The number of nitrogens with zero attached hydrogens (tertiary/aromatic N) is 7. The van der Waals surface area contributed by atoms with E-state index >= 15 is 4.39 Å². The number of carbonyl (C=O) groups is 4. The van der Waals surface area contributed by atoms with Crippen molar-refractivity contribution < 1.29 is 23.6 Å². The summed E-state index contributed by atoms with van der Waals surface area (Å²) < 4.78 is 15.6. The number of amides is 4. The Morgan fingerprint density at radius 3 is 2.38 bits per heavy atom. The van der Waals surface area contributed by atoms with E-state index < -0.39 is 17.8 Å². The number of anilines is 4. The largest absolute Gasteiger partial charge is 0.369 e. The summed E-state index contributed by atoms with van der Waals surface area (Å²) in [6.07, 6.45) is 7.78. The maximum Gasteiger partial charge on any atom is 0.255 e. The number of hydrogen-bond acceptors (Lipinski definition) is 12. The normalized spacial score (nSPS) is 21.1. The van der Waals surface area contributed by atoms with E-state index in [1.165, 1.54) is 17.8 Å². The van der Waals surface area contributed by atoms with E-state index in [2.05, 4.69) is 53.2 Å². The molecule has 4 saturated heterocycles. The Labute approximate surface area is 359 Å². The first-order chi connectivity index (χ1) is 29.5. The molecule has 0 aliphatic carbocycles. The number of nitrogens with two attached hydrogens (primary N) is 1. The molecule has 1 unspecified atom stereocenters. The van der Waals surface area contributed by atoms with Crippen molar-refractivity contribution in [3.8, 4) is 0 Å². The van der Waals surface area contributed by atoms with Crippen LogP contribution >= 0.6 is 11.8 Å². The maximum atomic E-state index is 15.6. The lowest BCUT2D eigenvalue weighted by atomic mass is 9.91. The van der Waals surface area contributed by atoms with Gasteiger partial charge >= 0.3 is 0 Å². The number of hydrogen-bond donors (Lipinski definition) is 3. The molecule has 0 spiro atoms.